The summed E-state index contributed by atoms with van der Waals surface area (Å²) in [6, 6.07) is 18.0. The Hall–Kier alpha value is -3.03. The van der Waals surface area contributed by atoms with Gasteiger partial charge in [0.2, 0.25) is 5.91 Å². The molecule has 30 heavy (non-hydrogen) atoms. The number of benzene rings is 2. The topological polar surface area (TPSA) is 88.5 Å². The van der Waals surface area contributed by atoms with E-state index in [0.717, 1.165) is 35.3 Å². The zero-order valence-electron chi connectivity index (χ0n) is 16.7. The Kier molecular flexibility index (Phi) is 5.40. The van der Waals surface area contributed by atoms with Crippen molar-refractivity contribution in [2.24, 2.45) is 0 Å². The van der Waals surface area contributed by atoms with Crippen molar-refractivity contribution in [3.63, 3.8) is 0 Å². The first-order valence-corrected chi connectivity index (χ1v) is 10.7. The van der Waals surface area contributed by atoms with Crippen LogP contribution in [-0.4, -0.2) is 26.8 Å². The summed E-state index contributed by atoms with van der Waals surface area (Å²) in [4.78, 5) is 18.0. The second-order valence-electron chi connectivity index (χ2n) is 7.40. The number of anilines is 1. The predicted octanol–water partition coefficient (Wildman–Crippen LogP) is 4.32. The lowest BCUT2D eigenvalue weighted by Crippen LogP contribution is -2.28. The number of carbonyl (C=O) groups is 1. The fourth-order valence-electron chi connectivity index (χ4n) is 3.56. The molecule has 2 N–H and O–H groups in total. The minimum atomic E-state index is -2.07. The zero-order valence-corrected chi connectivity index (χ0v) is 17.5. The van der Waals surface area contributed by atoms with E-state index in [-0.39, 0.29) is 5.91 Å². The van der Waals surface area contributed by atoms with Crippen LogP contribution in [0.4, 0.5) is 5.82 Å². The van der Waals surface area contributed by atoms with Gasteiger partial charge in [0.1, 0.15) is 11.6 Å². The van der Waals surface area contributed by atoms with Crippen LogP contribution in [0.15, 0.2) is 65.6 Å². The molecule has 2 aromatic carbocycles. The third kappa shape index (κ3) is 3.86. The van der Waals surface area contributed by atoms with E-state index in [1.807, 2.05) is 43.3 Å². The molecular formula is C23H22N2O4S. The summed E-state index contributed by atoms with van der Waals surface area (Å²) in [6.07, 6.45) is 1.57. The van der Waals surface area contributed by atoms with Crippen LogP contribution in [-0.2, 0) is 21.3 Å². The highest BCUT2D eigenvalue weighted by atomic mass is 32.2. The first-order chi connectivity index (χ1) is 14.4. The molecule has 7 heteroatoms. The molecule has 1 amide bonds. The highest BCUT2D eigenvalue weighted by Gasteiger charge is 2.51. The van der Waals surface area contributed by atoms with Gasteiger partial charge in [0.25, 0.3) is 0 Å². The Morgan fingerprint density at radius 1 is 1.13 bits per heavy atom. The molecule has 0 bridgehead atoms. The number of nitrogens with one attached hydrogen (secondary N) is 1. The summed E-state index contributed by atoms with van der Waals surface area (Å²) in [5.74, 6) is 1.13. The first kappa shape index (κ1) is 20.3. The van der Waals surface area contributed by atoms with Gasteiger partial charge in [0.05, 0.1) is 23.1 Å². The highest BCUT2D eigenvalue weighted by molar-refractivity contribution is 7.79. The molecule has 0 aliphatic heterocycles. The van der Waals surface area contributed by atoms with Gasteiger partial charge in [-0.25, -0.2) is 9.19 Å². The van der Waals surface area contributed by atoms with Crippen molar-refractivity contribution < 1.29 is 18.3 Å². The maximum absolute atomic E-state index is 13.1. The normalized spacial score (nSPS) is 15.3. The standard InChI is InChI=1S/C23H22N2O4S/c1-15-6-11-20(24-21(15)16-4-3-5-19(14-16)30(27)28)25-22(26)23(12-13-23)17-7-9-18(29-2)10-8-17/h3-11,14H,12-13H2,1-2H3,(H,27,28)(H,24,25,26). The van der Waals surface area contributed by atoms with Crippen LogP contribution in [0, 0.1) is 6.92 Å². The molecule has 0 radical (unpaired) electrons. The number of nitrogens with zero attached hydrogens (tertiary/aromatic N) is 1. The third-order valence-corrected chi connectivity index (χ3v) is 6.13. The van der Waals surface area contributed by atoms with Crippen molar-refractivity contribution in [3.8, 4) is 17.0 Å². The van der Waals surface area contributed by atoms with Crippen molar-refractivity contribution in [3.05, 3.63) is 71.8 Å². The lowest BCUT2D eigenvalue weighted by atomic mass is 9.95. The number of ether oxygens (including phenoxy) is 1. The molecule has 1 atom stereocenters. The van der Waals surface area contributed by atoms with E-state index >= 15 is 0 Å². The van der Waals surface area contributed by atoms with Crippen LogP contribution < -0.4 is 10.1 Å². The summed E-state index contributed by atoms with van der Waals surface area (Å²) < 4.78 is 26.0. The van der Waals surface area contributed by atoms with Gasteiger partial charge in [-0.3, -0.25) is 4.79 Å². The summed E-state index contributed by atoms with van der Waals surface area (Å²) in [5.41, 5.74) is 2.72. The summed E-state index contributed by atoms with van der Waals surface area (Å²) in [5, 5.41) is 2.96. The molecule has 0 saturated heterocycles. The molecule has 1 aliphatic rings. The SMILES string of the molecule is COc1ccc(C2(C(=O)Nc3ccc(C)c(-c4cccc(S(=O)O)c4)n3)CC2)cc1. The third-order valence-electron chi connectivity index (χ3n) is 5.47. The van der Waals surface area contributed by atoms with Gasteiger partial charge in [-0.05, 0) is 61.2 Å². The Bertz CT molecular complexity index is 1120. The van der Waals surface area contributed by atoms with E-state index < -0.39 is 16.5 Å². The number of aryl methyl sites for hydroxylation is 1. The molecule has 1 heterocycles. The molecule has 1 aliphatic carbocycles. The Balaban J connectivity index is 1.59. The lowest BCUT2D eigenvalue weighted by molar-refractivity contribution is -0.118. The molecule has 0 spiro atoms. The highest BCUT2D eigenvalue weighted by Crippen LogP contribution is 2.49. The fourth-order valence-corrected chi connectivity index (χ4v) is 3.98. The van der Waals surface area contributed by atoms with Gasteiger partial charge in [0, 0.05) is 5.56 Å². The number of aromatic nitrogens is 1. The van der Waals surface area contributed by atoms with Crippen molar-refractivity contribution in [1.29, 1.82) is 0 Å². The number of methoxy groups -OCH3 is 1. The predicted molar refractivity (Wildman–Crippen MR) is 116 cm³/mol. The van der Waals surface area contributed by atoms with Crippen LogP contribution in [0.2, 0.25) is 0 Å². The molecule has 3 aromatic rings. The second-order valence-corrected chi connectivity index (χ2v) is 8.37. The van der Waals surface area contributed by atoms with Gasteiger partial charge < -0.3 is 14.6 Å². The fraction of sp³-hybridized carbons (Fsp3) is 0.217. The maximum atomic E-state index is 13.1. The number of hydrogen-bond acceptors (Lipinski definition) is 4. The van der Waals surface area contributed by atoms with Crippen LogP contribution in [0.3, 0.4) is 0 Å². The maximum Gasteiger partial charge on any atom is 0.236 e. The molecule has 1 aromatic heterocycles. The van der Waals surface area contributed by atoms with Gasteiger partial charge in [-0.2, -0.15) is 0 Å². The Labute approximate surface area is 177 Å². The monoisotopic (exact) mass is 422 g/mol. The van der Waals surface area contributed by atoms with Gasteiger partial charge in [-0.1, -0.05) is 30.3 Å². The minimum Gasteiger partial charge on any atom is -0.497 e. The summed E-state index contributed by atoms with van der Waals surface area (Å²) in [6.45, 7) is 1.91. The van der Waals surface area contributed by atoms with Crippen LogP contribution in [0.5, 0.6) is 5.75 Å². The van der Waals surface area contributed by atoms with E-state index in [2.05, 4.69) is 10.3 Å². The lowest BCUT2D eigenvalue weighted by Gasteiger charge is -2.17. The molecule has 1 fully saturated rings. The Morgan fingerprint density at radius 2 is 1.87 bits per heavy atom. The average Bonchev–Trinajstić information content (AvgIpc) is 3.57. The number of hydrogen-bond donors (Lipinski definition) is 2. The van der Waals surface area contributed by atoms with Crippen molar-refractivity contribution in [1.82, 2.24) is 4.98 Å². The molecule has 1 saturated carbocycles. The van der Waals surface area contributed by atoms with Gasteiger partial charge in [0.15, 0.2) is 11.1 Å². The van der Waals surface area contributed by atoms with Gasteiger partial charge in [-0.15, -0.1) is 0 Å². The van der Waals surface area contributed by atoms with E-state index in [1.165, 1.54) is 0 Å². The second kappa shape index (κ2) is 8.01. The van der Waals surface area contributed by atoms with E-state index in [0.29, 0.717) is 16.4 Å². The van der Waals surface area contributed by atoms with Crippen molar-refractivity contribution in [2.75, 3.05) is 12.4 Å². The van der Waals surface area contributed by atoms with Crippen LogP contribution >= 0.6 is 0 Å². The van der Waals surface area contributed by atoms with Crippen LogP contribution in [0.25, 0.3) is 11.3 Å². The Morgan fingerprint density at radius 3 is 2.50 bits per heavy atom. The van der Waals surface area contributed by atoms with Gasteiger partial charge >= 0.3 is 0 Å². The smallest absolute Gasteiger partial charge is 0.236 e. The quantitative estimate of drug-likeness (QED) is 0.578. The molecule has 154 valence electrons. The van der Waals surface area contributed by atoms with E-state index in [4.69, 9.17) is 4.74 Å². The van der Waals surface area contributed by atoms with E-state index in [9.17, 15) is 13.6 Å². The summed E-state index contributed by atoms with van der Waals surface area (Å²) in [7, 11) is 1.61. The van der Waals surface area contributed by atoms with Crippen LogP contribution in [0.1, 0.15) is 24.0 Å². The molecular weight excluding hydrogens is 400 g/mol. The molecule has 1 unspecified atom stereocenters. The largest absolute Gasteiger partial charge is 0.497 e. The molecule has 6 nitrogen and oxygen atoms in total. The first-order valence-electron chi connectivity index (χ1n) is 9.58. The van der Waals surface area contributed by atoms with Crippen molar-refractivity contribution in [2.45, 2.75) is 30.1 Å². The van der Waals surface area contributed by atoms with E-state index in [1.54, 1.807) is 31.4 Å². The number of rotatable bonds is 6. The minimum absolute atomic E-state index is 0.0832. The zero-order chi connectivity index (χ0) is 21.3. The average molecular weight is 423 g/mol. The number of amides is 1. The number of pyridine rings is 1. The molecule has 4 rings (SSSR count). The summed E-state index contributed by atoms with van der Waals surface area (Å²) >= 11 is -2.07. The number of carbonyl (C=O) groups excluding carboxylic acids is 1. The van der Waals surface area contributed by atoms with Crippen molar-refractivity contribution >= 4 is 22.8 Å².